The summed E-state index contributed by atoms with van der Waals surface area (Å²) < 4.78 is 11.8. The van der Waals surface area contributed by atoms with Crippen LogP contribution in [0.5, 0.6) is 11.5 Å². The first-order chi connectivity index (χ1) is 15.1. The van der Waals surface area contributed by atoms with Crippen LogP contribution in [0.15, 0.2) is 78.9 Å². The van der Waals surface area contributed by atoms with E-state index in [1.54, 1.807) is 0 Å². The Morgan fingerprint density at radius 2 is 1.68 bits per heavy atom. The maximum Gasteiger partial charge on any atom is 0.180 e. The first kappa shape index (κ1) is 21.6. The standard InChI is InChI=1S/C26H26BrNO3/c1-28-16-15-24(17-28)31-23-13-9-21(10-14-23)26(29)25(27)20-7-11-22(12-8-20)30-18-19-5-3-2-4-6-19/h2-14,24-25H,15-18H2,1H3. The average Bonchev–Trinajstić information content (AvgIpc) is 3.22. The van der Waals surface area contributed by atoms with Gasteiger partial charge in [0.15, 0.2) is 5.78 Å². The number of benzene rings is 3. The molecule has 5 heteroatoms. The van der Waals surface area contributed by atoms with Gasteiger partial charge in [0, 0.05) is 18.7 Å². The molecular formula is C26H26BrNO3. The zero-order valence-corrected chi connectivity index (χ0v) is 19.1. The third-order valence-corrected chi connectivity index (χ3v) is 6.39. The second-order valence-corrected chi connectivity index (χ2v) is 8.80. The smallest absolute Gasteiger partial charge is 0.180 e. The minimum atomic E-state index is -0.411. The van der Waals surface area contributed by atoms with Gasteiger partial charge in [-0.3, -0.25) is 4.79 Å². The molecule has 1 heterocycles. The van der Waals surface area contributed by atoms with Gasteiger partial charge in [-0.05, 0) is 61.0 Å². The van der Waals surface area contributed by atoms with Crippen LogP contribution in [0.2, 0.25) is 0 Å². The van der Waals surface area contributed by atoms with Gasteiger partial charge >= 0.3 is 0 Å². The van der Waals surface area contributed by atoms with Gasteiger partial charge in [0.25, 0.3) is 0 Å². The van der Waals surface area contributed by atoms with Gasteiger partial charge in [0.1, 0.15) is 29.0 Å². The molecule has 2 atom stereocenters. The lowest BCUT2D eigenvalue weighted by Gasteiger charge is -2.15. The molecule has 0 saturated carbocycles. The Bertz CT molecular complexity index is 989. The quantitative estimate of drug-likeness (QED) is 0.308. The summed E-state index contributed by atoms with van der Waals surface area (Å²) in [7, 11) is 2.10. The Kier molecular flexibility index (Phi) is 7.05. The summed E-state index contributed by atoms with van der Waals surface area (Å²) in [4.78, 5) is 14.8. The number of rotatable bonds is 8. The summed E-state index contributed by atoms with van der Waals surface area (Å²) in [5.74, 6) is 1.60. The number of likely N-dealkylation sites (N-methyl/N-ethyl adjacent to an activating group) is 1. The molecular weight excluding hydrogens is 454 g/mol. The number of likely N-dealkylation sites (tertiary alicyclic amines) is 1. The molecule has 2 unspecified atom stereocenters. The maximum atomic E-state index is 12.9. The van der Waals surface area contributed by atoms with Gasteiger partial charge in [-0.25, -0.2) is 0 Å². The minimum Gasteiger partial charge on any atom is -0.489 e. The lowest BCUT2D eigenvalue weighted by atomic mass is 10.0. The van der Waals surface area contributed by atoms with Crippen molar-refractivity contribution >= 4 is 21.7 Å². The molecule has 160 valence electrons. The van der Waals surface area contributed by atoms with E-state index in [-0.39, 0.29) is 11.9 Å². The summed E-state index contributed by atoms with van der Waals surface area (Å²) >= 11 is 3.56. The van der Waals surface area contributed by atoms with Crippen LogP contribution in [0.1, 0.15) is 32.7 Å². The molecule has 0 radical (unpaired) electrons. The number of alkyl halides is 1. The molecule has 0 bridgehead atoms. The van der Waals surface area contributed by atoms with Crippen molar-refractivity contribution < 1.29 is 14.3 Å². The van der Waals surface area contributed by atoms with E-state index in [0.29, 0.717) is 12.2 Å². The molecule has 3 aromatic carbocycles. The lowest BCUT2D eigenvalue weighted by Crippen LogP contribution is -2.21. The number of hydrogen-bond donors (Lipinski definition) is 0. The summed E-state index contributed by atoms with van der Waals surface area (Å²) in [6, 6.07) is 25.1. The number of hydrogen-bond acceptors (Lipinski definition) is 4. The van der Waals surface area contributed by atoms with Crippen LogP contribution in [-0.2, 0) is 6.61 Å². The predicted octanol–water partition coefficient (Wildman–Crippen LogP) is 5.67. The molecule has 1 aliphatic heterocycles. The van der Waals surface area contributed by atoms with Crippen molar-refractivity contribution in [1.82, 2.24) is 4.90 Å². The molecule has 0 spiro atoms. The Hall–Kier alpha value is -2.63. The second kappa shape index (κ2) is 10.1. The highest BCUT2D eigenvalue weighted by Crippen LogP contribution is 2.29. The van der Waals surface area contributed by atoms with Crippen molar-refractivity contribution in [3.63, 3.8) is 0 Å². The second-order valence-electron chi connectivity index (χ2n) is 7.89. The molecule has 4 nitrogen and oxygen atoms in total. The van der Waals surface area contributed by atoms with E-state index in [4.69, 9.17) is 9.47 Å². The zero-order valence-electron chi connectivity index (χ0n) is 17.5. The van der Waals surface area contributed by atoms with Crippen LogP contribution < -0.4 is 9.47 Å². The highest BCUT2D eigenvalue weighted by Gasteiger charge is 2.22. The lowest BCUT2D eigenvalue weighted by molar-refractivity contribution is 0.0991. The van der Waals surface area contributed by atoms with E-state index in [2.05, 4.69) is 27.9 Å². The van der Waals surface area contributed by atoms with Crippen LogP contribution in [0.4, 0.5) is 0 Å². The van der Waals surface area contributed by atoms with E-state index in [1.807, 2.05) is 78.9 Å². The number of carbonyl (C=O) groups excluding carboxylic acids is 1. The highest BCUT2D eigenvalue weighted by molar-refractivity contribution is 9.09. The fourth-order valence-corrected chi connectivity index (χ4v) is 4.22. The number of nitrogens with zero attached hydrogens (tertiary/aromatic N) is 1. The highest BCUT2D eigenvalue weighted by atomic mass is 79.9. The summed E-state index contributed by atoms with van der Waals surface area (Å²) in [5.41, 5.74) is 2.67. The van der Waals surface area contributed by atoms with E-state index in [9.17, 15) is 4.79 Å². The van der Waals surface area contributed by atoms with Gasteiger partial charge < -0.3 is 14.4 Å². The third kappa shape index (κ3) is 5.75. The molecule has 0 aliphatic carbocycles. The summed E-state index contributed by atoms with van der Waals surface area (Å²) in [6.07, 6.45) is 1.25. The van der Waals surface area contributed by atoms with Gasteiger partial charge in [0.05, 0.1) is 0 Å². The fourth-order valence-electron chi connectivity index (χ4n) is 3.65. The Morgan fingerprint density at radius 3 is 2.32 bits per heavy atom. The van der Waals surface area contributed by atoms with Crippen molar-refractivity contribution in [2.45, 2.75) is 24.0 Å². The Balaban J connectivity index is 1.34. The summed E-state index contributed by atoms with van der Waals surface area (Å²) in [6.45, 7) is 2.51. The van der Waals surface area contributed by atoms with Crippen LogP contribution in [0, 0.1) is 0 Å². The van der Waals surface area contributed by atoms with Gasteiger partial charge in [-0.1, -0.05) is 58.4 Å². The number of ketones is 1. The maximum absolute atomic E-state index is 12.9. The monoisotopic (exact) mass is 479 g/mol. The van der Waals surface area contributed by atoms with Crippen LogP contribution in [0.25, 0.3) is 0 Å². The molecule has 0 N–H and O–H groups in total. The first-order valence-electron chi connectivity index (χ1n) is 10.5. The molecule has 3 aromatic rings. The molecule has 1 aliphatic rings. The summed E-state index contributed by atoms with van der Waals surface area (Å²) in [5, 5.41) is 0. The molecule has 1 fully saturated rings. The fraction of sp³-hybridized carbons (Fsp3) is 0.269. The van der Waals surface area contributed by atoms with Crippen molar-refractivity contribution in [2.75, 3.05) is 20.1 Å². The number of halogens is 1. The number of carbonyl (C=O) groups is 1. The number of ether oxygens (including phenoxy) is 2. The predicted molar refractivity (Wildman–Crippen MR) is 126 cm³/mol. The normalized spacial score (nSPS) is 17.3. The average molecular weight is 480 g/mol. The van der Waals surface area contributed by atoms with Crippen LogP contribution in [0.3, 0.4) is 0 Å². The minimum absolute atomic E-state index is 0.0186. The largest absolute Gasteiger partial charge is 0.489 e. The van der Waals surface area contributed by atoms with Crippen molar-refractivity contribution in [2.24, 2.45) is 0 Å². The SMILES string of the molecule is CN1CCC(Oc2ccc(C(=O)C(Br)c3ccc(OCc4ccccc4)cc3)cc2)C1. The molecule has 31 heavy (non-hydrogen) atoms. The number of Topliss-reactive ketones (excluding diaryl/α,β-unsaturated/α-hetero) is 1. The van der Waals surface area contributed by atoms with Crippen LogP contribution in [-0.4, -0.2) is 36.9 Å². The van der Waals surface area contributed by atoms with Gasteiger partial charge in [-0.15, -0.1) is 0 Å². The van der Waals surface area contributed by atoms with Gasteiger partial charge in [-0.2, -0.15) is 0 Å². The Labute approximate surface area is 191 Å². The van der Waals surface area contributed by atoms with E-state index in [1.165, 1.54) is 0 Å². The van der Waals surface area contributed by atoms with Crippen LogP contribution >= 0.6 is 15.9 Å². The zero-order chi connectivity index (χ0) is 21.6. The van der Waals surface area contributed by atoms with Crippen molar-refractivity contribution in [3.05, 3.63) is 95.6 Å². The first-order valence-corrected chi connectivity index (χ1v) is 11.4. The van der Waals surface area contributed by atoms with Crippen molar-refractivity contribution in [3.8, 4) is 11.5 Å². The third-order valence-electron chi connectivity index (χ3n) is 5.44. The van der Waals surface area contributed by atoms with Crippen molar-refractivity contribution in [1.29, 1.82) is 0 Å². The van der Waals surface area contributed by atoms with E-state index in [0.717, 1.165) is 42.1 Å². The van der Waals surface area contributed by atoms with E-state index >= 15 is 0 Å². The molecule has 0 aromatic heterocycles. The molecule has 1 saturated heterocycles. The molecule has 0 amide bonds. The van der Waals surface area contributed by atoms with Gasteiger partial charge in [0.2, 0.25) is 0 Å². The Morgan fingerprint density at radius 1 is 1.00 bits per heavy atom. The van der Waals surface area contributed by atoms with E-state index < -0.39 is 4.83 Å². The molecule has 4 rings (SSSR count). The topological polar surface area (TPSA) is 38.8 Å².